The highest BCUT2D eigenvalue weighted by Crippen LogP contribution is 2.43. The Morgan fingerprint density at radius 2 is 1.92 bits per heavy atom. The molecule has 0 unspecified atom stereocenters. The van der Waals surface area contributed by atoms with Crippen LogP contribution in [0.15, 0.2) is 59.8 Å². The van der Waals surface area contributed by atoms with Gasteiger partial charge in [0.2, 0.25) is 5.91 Å². The van der Waals surface area contributed by atoms with E-state index in [-0.39, 0.29) is 17.6 Å². The molecule has 7 heteroatoms. The average Bonchev–Trinajstić information content (AvgIpc) is 3.61. The molecule has 0 saturated heterocycles. The van der Waals surface area contributed by atoms with E-state index in [1.54, 1.807) is 18.3 Å². The molecular formula is C29H39FN4OS. The first-order valence-electron chi connectivity index (χ1n) is 13.0. The van der Waals surface area contributed by atoms with Crippen LogP contribution in [0.3, 0.4) is 0 Å². The van der Waals surface area contributed by atoms with Gasteiger partial charge in [0.1, 0.15) is 11.6 Å². The van der Waals surface area contributed by atoms with Crippen molar-refractivity contribution in [1.29, 1.82) is 0 Å². The second kappa shape index (κ2) is 13.6. The fraction of sp³-hybridized carbons (Fsp3) is 0.448. The standard InChI is InChI=1S/C21H27N3O.C6H6FNS.C2H6/c1-3-15-13-19(15)21(25)24(14-20-22-10-11-23(20)2)18-9-8-16-6-4-5-7-17(16)12-18;7-5-2-1-3-6(4-5)9-8;1-2/h8-12,15,19H,3-7,13-14H2,1-2H3;1-4H,8H2;1-2H3/t15-,19-;;/m0../s1. The number of hydrogen-bond donors (Lipinski definition) is 1. The summed E-state index contributed by atoms with van der Waals surface area (Å²) in [5.41, 5.74) is 3.91. The lowest BCUT2D eigenvalue weighted by molar-refractivity contribution is -0.120. The van der Waals surface area contributed by atoms with Crippen LogP contribution in [0.2, 0.25) is 0 Å². The quantitative estimate of drug-likeness (QED) is 0.375. The minimum absolute atomic E-state index is 0.196. The van der Waals surface area contributed by atoms with Gasteiger partial charge in [0.05, 0.1) is 6.54 Å². The molecule has 36 heavy (non-hydrogen) atoms. The third kappa shape index (κ3) is 7.20. The van der Waals surface area contributed by atoms with Gasteiger partial charge in [0.15, 0.2) is 0 Å². The molecule has 2 aliphatic rings. The third-order valence-electron chi connectivity index (χ3n) is 6.83. The Balaban J connectivity index is 0.000000276. The van der Waals surface area contributed by atoms with Gasteiger partial charge in [-0.2, -0.15) is 0 Å². The smallest absolute Gasteiger partial charge is 0.230 e. The monoisotopic (exact) mass is 510 g/mol. The molecule has 5 rings (SSSR count). The number of aryl methyl sites for hydroxylation is 3. The summed E-state index contributed by atoms with van der Waals surface area (Å²) in [5, 5.41) is 5.17. The van der Waals surface area contributed by atoms with E-state index >= 15 is 0 Å². The molecule has 1 aromatic heterocycles. The maximum absolute atomic E-state index is 13.2. The summed E-state index contributed by atoms with van der Waals surface area (Å²) in [4.78, 5) is 20.3. The normalized spacial score (nSPS) is 17.6. The zero-order valence-electron chi connectivity index (χ0n) is 21.9. The summed E-state index contributed by atoms with van der Waals surface area (Å²) in [6.07, 6.45) is 10.7. The van der Waals surface area contributed by atoms with Crippen molar-refractivity contribution in [3.63, 3.8) is 0 Å². The zero-order valence-corrected chi connectivity index (χ0v) is 22.7. The number of anilines is 1. The second-order valence-corrected chi connectivity index (χ2v) is 9.83. The van der Waals surface area contributed by atoms with E-state index in [0.717, 1.165) is 47.6 Å². The summed E-state index contributed by atoms with van der Waals surface area (Å²) in [6, 6.07) is 12.8. The lowest BCUT2D eigenvalue weighted by Gasteiger charge is -2.25. The molecule has 2 aromatic carbocycles. The van der Waals surface area contributed by atoms with Gasteiger partial charge in [-0.05, 0) is 91.4 Å². The van der Waals surface area contributed by atoms with Crippen molar-refractivity contribution in [2.24, 2.45) is 24.0 Å². The number of carbonyl (C=O) groups is 1. The van der Waals surface area contributed by atoms with Crippen molar-refractivity contribution < 1.29 is 9.18 Å². The van der Waals surface area contributed by atoms with Crippen LogP contribution in [0.1, 0.15) is 63.4 Å². The summed E-state index contributed by atoms with van der Waals surface area (Å²) < 4.78 is 14.3. The molecule has 2 N–H and O–H groups in total. The SMILES string of the molecule is CC.CC[C@H]1C[C@@H]1C(=O)N(Cc1nccn1C)c1ccc2c(c1)CCCC2.NSc1cccc(F)c1. The number of carbonyl (C=O) groups excluding carboxylic acids is 1. The van der Waals surface area contributed by atoms with Gasteiger partial charge in [-0.15, -0.1) is 0 Å². The summed E-state index contributed by atoms with van der Waals surface area (Å²) in [5.74, 6) is 1.71. The predicted molar refractivity (Wildman–Crippen MR) is 147 cm³/mol. The molecule has 0 spiro atoms. The Kier molecular flexibility index (Phi) is 10.6. The van der Waals surface area contributed by atoms with Gasteiger partial charge in [-0.25, -0.2) is 9.37 Å². The second-order valence-electron chi connectivity index (χ2n) is 9.12. The van der Waals surface area contributed by atoms with E-state index in [1.807, 2.05) is 36.6 Å². The first-order valence-corrected chi connectivity index (χ1v) is 13.9. The highest BCUT2D eigenvalue weighted by Gasteiger charge is 2.44. The van der Waals surface area contributed by atoms with Crippen LogP contribution >= 0.6 is 11.9 Å². The van der Waals surface area contributed by atoms with Crippen molar-refractivity contribution >= 4 is 23.5 Å². The van der Waals surface area contributed by atoms with E-state index in [1.165, 1.54) is 42.5 Å². The lowest BCUT2D eigenvalue weighted by Crippen LogP contribution is -2.33. The fourth-order valence-corrected chi connectivity index (χ4v) is 4.95. The van der Waals surface area contributed by atoms with Crippen molar-refractivity contribution in [2.45, 2.75) is 70.7 Å². The Hall–Kier alpha value is -2.64. The first-order chi connectivity index (χ1) is 17.5. The molecule has 1 saturated carbocycles. The van der Waals surface area contributed by atoms with E-state index < -0.39 is 0 Å². The van der Waals surface area contributed by atoms with E-state index in [2.05, 4.69) is 30.1 Å². The van der Waals surface area contributed by atoms with Crippen LogP contribution in [-0.2, 0) is 31.2 Å². The van der Waals surface area contributed by atoms with Crippen LogP contribution < -0.4 is 10.0 Å². The molecule has 1 heterocycles. The molecule has 194 valence electrons. The number of halogens is 1. The topological polar surface area (TPSA) is 64.2 Å². The van der Waals surface area contributed by atoms with Crippen LogP contribution in [-0.4, -0.2) is 15.5 Å². The molecule has 2 atom stereocenters. The Bertz CT molecular complexity index is 1130. The molecular weight excluding hydrogens is 471 g/mol. The maximum Gasteiger partial charge on any atom is 0.230 e. The van der Waals surface area contributed by atoms with Gasteiger partial charge in [-0.3, -0.25) is 9.93 Å². The number of imidazole rings is 1. The molecule has 0 radical (unpaired) electrons. The molecule has 1 fully saturated rings. The summed E-state index contributed by atoms with van der Waals surface area (Å²) in [7, 11) is 1.99. The van der Waals surface area contributed by atoms with E-state index in [9.17, 15) is 9.18 Å². The van der Waals surface area contributed by atoms with Gasteiger partial charge in [0, 0.05) is 35.9 Å². The molecule has 0 aliphatic heterocycles. The van der Waals surface area contributed by atoms with Crippen molar-refractivity contribution in [3.8, 4) is 0 Å². The lowest BCUT2D eigenvalue weighted by atomic mass is 9.91. The number of benzene rings is 2. The average molecular weight is 511 g/mol. The van der Waals surface area contributed by atoms with Crippen LogP contribution in [0.25, 0.3) is 0 Å². The van der Waals surface area contributed by atoms with Crippen LogP contribution in [0.5, 0.6) is 0 Å². The minimum Gasteiger partial charge on any atom is -0.337 e. The van der Waals surface area contributed by atoms with E-state index in [0.29, 0.717) is 12.5 Å². The predicted octanol–water partition coefficient (Wildman–Crippen LogP) is 6.70. The molecule has 2 aliphatic carbocycles. The highest BCUT2D eigenvalue weighted by molar-refractivity contribution is 7.97. The number of hydrogen-bond acceptors (Lipinski definition) is 4. The maximum atomic E-state index is 13.2. The first kappa shape index (κ1) is 27.9. The number of nitrogens with zero attached hydrogens (tertiary/aromatic N) is 3. The van der Waals surface area contributed by atoms with Gasteiger partial charge in [0.25, 0.3) is 0 Å². The van der Waals surface area contributed by atoms with Crippen LogP contribution in [0, 0.1) is 17.7 Å². The molecule has 5 nitrogen and oxygen atoms in total. The fourth-order valence-electron chi connectivity index (χ4n) is 4.62. The van der Waals surface area contributed by atoms with Gasteiger partial charge >= 0.3 is 0 Å². The third-order valence-corrected chi connectivity index (χ3v) is 7.35. The van der Waals surface area contributed by atoms with Crippen molar-refractivity contribution in [1.82, 2.24) is 9.55 Å². The Labute approximate surface area is 219 Å². The number of fused-ring (bicyclic) bond motifs is 1. The van der Waals surface area contributed by atoms with Crippen LogP contribution in [0.4, 0.5) is 10.1 Å². The largest absolute Gasteiger partial charge is 0.337 e. The molecule has 3 aromatic rings. The summed E-state index contributed by atoms with van der Waals surface area (Å²) in [6.45, 7) is 6.73. The summed E-state index contributed by atoms with van der Waals surface area (Å²) >= 11 is 1.04. The highest BCUT2D eigenvalue weighted by atomic mass is 32.2. The zero-order chi connectivity index (χ0) is 26.1. The molecule has 0 bridgehead atoms. The number of nitrogens with two attached hydrogens (primary N) is 1. The van der Waals surface area contributed by atoms with E-state index in [4.69, 9.17) is 5.14 Å². The number of amides is 1. The molecule has 1 amide bonds. The number of rotatable bonds is 6. The van der Waals surface area contributed by atoms with Crippen molar-refractivity contribution in [2.75, 3.05) is 4.90 Å². The minimum atomic E-state index is -0.245. The number of aromatic nitrogens is 2. The Morgan fingerprint density at radius 3 is 2.50 bits per heavy atom. The van der Waals surface area contributed by atoms with Gasteiger partial charge < -0.3 is 9.47 Å². The van der Waals surface area contributed by atoms with Crippen molar-refractivity contribution in [3.05, 3.63) is 77.6 Å². The van der Waals surface area contributed by atoms with Gasteiger partial charge in [-0.1, -0.05) is 39.3 Å². The Morgan fingerprint density at radius 1 is 1.17 bits per heavy atom.